The van der Waals surface area contributed by atoms with Crippen LogP contribution in [0.15, 0.2) is 30.3 Å². The van der Waals surface area contributed by atoms with Gasteiger partial charge >= 0.3 is 5.97 Å². The summed E-state index contributed by atoms with van der Waals surface area (Å²) in [6, 6.07) is 10.7. The van der Waals surface area contributed by atoms with Gasteiger partial charge in [0.05, 0.1) is 0 Å². The predicted octanol–water partition coefficient (Wildman–Crippen LogP) is 3.13. The molecule has 17 heavy (non-hydrogen) atoms. The zero-order valence-corrected chi connectivity index (χ0v) is 10.1. The second-order valence-electron chi connectivity index (χ2n) is 5.40. The molecular formula is C15H18O2. The van der Waals surface area contributed by atoms with Gasteiger partial charge in [0.2, 0.25) is 0 Å². The quantitative estimate of drug-likeness (QED) is 0.730. The van der Waals surface area contributed by atoms with Gasteiger partial charge in [-0.25, -0.2) is 0 Å². The second kappa shape index (κ2) is 4.17. The Labute approximate surface area is 102 Å². The smallest absolute Gasteiger partial charge is 0.302 e. The van der Waals surface area contributed by atoms with E-state index in [-0.39, 0.29) is 12.1 Å². The van der Waals surface area contributed by atoms with Crippen molar-refractivity contribution in [3.05, 3.63) is 35.9 Å². The fourth-order valence-electron chi connectivity index (χ4n) is 3.72. The molecule has 2 aliphatic carbocycles. The van der Waals surface area contributed by atoms with E-state index in [9.17, 15) is 4.79 Å². The van der Waals surface area contributed by atoms with Crippen LogP contribution >= 0.6 is 0 Å². The molecule has 4 atom stereocenters. The SMILES string of the molecule is CC(=O)OC1CC2CC(c3ccccc3)C1C2. The van der Waals surface area contributed by atoms with Crippen molar-refractivity contribution in [2.24, 2.45) is 11.8 Å². The van der Waals surface area contributed by atoms with E-state index in [2.05, 4.69) is 30.3 Å². The molecule has 2 fully saturated rings. The molecule has 0 spiro atoms. The van der Waals surface area contributed by atoms with Crippen LogP contribution in [0.1, 0.15) is 37.7 Å². The third-order valence-corrected chi connectivity index (χ3v) is 4.30. The van der Waals surface area contributed by atoms with E-state index in [0.717, 1.165) is 12.3 Å². The molecule has 0 heterocycles. The molecule has 0 amide bonds. The number of fused-ring (bicyclic) bond motifs is 2. The lowest BCUT2D eigenvalue weighted by molar-refractivity contribution is -0.149. The summed E-state index contributed by atoms with van der Waals surface area (Å²) in [6.07, 6.45) is 3.74. The van der Waals surface area contributed by atoms with E-state index in [0.29, 0.717) is 11.8 Å². The van der Waals surface area contributed by atoms with Crippen molar-refractivity contribution < 1.29 is 9.53 Å². The van der Waals surface area contributed by atoms with Crippen LogP contribution in [0.25, 0.3) is 0 Å². The maximum atomic E-state index is 11.1. The Hall–Kier alpha value is -1.31. The lowest BCUT2D eigenvalue weighted by atomic mass is 9.82. The standard InChI is InChI=1S/C15H18O2/c1-10(16)17-15-9-11-7-13(14(15)8-11)12-5-3-2-4-6-12/h2-6,11,13-15H,7-9H2,1H3. The number of esters is 1. The fourth-order valence-corrected chi connectivity index (χ4v) is 3.72. The zero-order valence-electron chi connectivity index (χ0n) is 10.1. The molecule has 0 aliphatic heterocycles. The van der Waals surface area contributed by atoms with Crippen LogP contribution < -0.4 is 0 Å². The summed E-state index contributed by atoms with van der Waals surface area (Å²) < 4.78 is 5.46. The Bertz CT molecular complexity index is 412. The van der Waals surface area contributed by atoms with E-state index in [1.807, 2.05) is 0 Å². The van der Waals surface area contributed by atoms with Gasteiger partial charge in [0.15, 0.2) is 0 Å². The number of ether oxygens (including phenoxy) is 1. The van der Waals surface area contributed by atoms with E-state index in [1.54, 1.807) is 0 Å². The van der Waals surface area contributed by atoms with Gasteiger partial charge in [0, 0.05) is 12.8 Å². The summed E-state index contributed by atoms with van der Waals surface area (Å²) in [6.45, 7) is 1.52. The van der Waals surface area contributed by atoms with Gasteiger partial charge in [-0.2, -0.15) is 0 Å². The van der Waals surface area contributed by atoms with E-state index < -0.39 is 0 Å². The Balaban J connectivity index is 1.78. The van der Waals surface area contributed by atoms with Crippen LogP contribution in [0, 0.1) is 11.8 Å². The molecule has 2 heteroatoms. The molecule has 1 aromatic carbocycles. The van der Waals surface area contributed by atoms with Crippen LogP contribution in [0.5, 0.6) is 0 Å². The van der Waals surface area contributed by atoms with Crippen molar-refractivity contribution in [3.8, 4) is 0 Å². The molecule has 2 nitrogen and oxygen atoms in total. The van der Waals surface area contributed by atoms with Crippen molar-refractivity contribution in [2.75, 3.05) is 0 Å². The van der Waals surface area contributed by atoms with Crippen LogP contribution in [0.3, 0.4) is 0 Å². The zero-order chi connectivity index (χ0) is 11.8. The number of hydrogen-bond donors (Lipinski definition) is 0. The average Bonchev–Trinajstić information content (AvgIpc) is 2.88. The van der Waals surface area contributed by atoms with Gasteiger partial charge in [0.25, 0.3) is 0 Å². The topological polar surface area (TPSA) is 26.3 Å². The van der Waals surface area contributed by atoms with Crippen molar-refractivity contribution in [2.45, 2.75) is 38.2 Å². The lowest BCUT2D eigenvalue weighted by Gasteiger charge is -2.29. The minimum atomic E-state index is -0.130. The van der Waals surface area contributed by atoms with Gasteiger partial charge in [-0.1, -0.05) is 30.3 Å². The van der Waals surface area contributed by atoms with Crippen LogP contribution in [-0.4, -0.2) is 12.1 Å². The molecule has 2 aliphatic rings. The molecular weight excluding hydrogens is 212 g/mol. The van der Waals surface area contributed by atoms with Gasteiger partial charge in [-0.15, -0.1) is 0 Å². The number of carbonyl (C=O) groups is 1. The average molecular weight is 230 g/mol. The first-order chi connectivity index (χ1) is 8.24. The summed E-state index contributed by atoms with van der Waals surface area (Å²) in [7, 11) is 0. The molecule has 0 aromatic heterocycles. The summed E-state index contributed by atoms with van der Waals surface area (Å²) in [4.78, 5) is 11.1. The maximum absolute atomic E-state index is 11.1. The first kappa shape index (κ1) is 10.8. The molecule has 3 rings (SSSR count). The Morgan fingerprint density at radius 2 is 1.94 bits per heavy atom. The highest BCUT2D eigenvalue weighted by molar-refractivity contribution is 5.66. The van der Waals surface area contributed by atoms with Crippen LogP contribution in [0.4, 0.5) is 0 Å². The van der Waals surface area contributed by atoms with Crippen LogP contribution in [0.2, 0.25) is 0 Å². The molecule has 2 saturated carbocycles. The predicted molar refractivity (Wildman–Crippen MR) is 65.6 cm³/mol. The van der Waals surface area contributed by atoms with Crippen molar-refractivity contribution in [3.63, 3.8) is 0 Å². The number of benzene rings is 1. The van der Waals surface area contributed by atoms with E-state index >= 15 is 0 Å². The summed E-state index contributed by atoms with van der Waals surface area (Å²) in [5.41, 5.74) is 1.41. The van der Waals surface area contributed by atoms with Gasteiger partial charge < -0.3 is 4.74 Å². The Kier molecular flexibility index (Phi) is 2.65. The van der Waals surface area contributed by atoms with Crippen molar-refractivity contribution >= 4 is 5.97 Å². The first-order valence-electron chi connectivity index (χ1n) is 6.46. The first-order valence-corrected chi connectivity index (χ1v) is 6.46. The minimum Gasteiger partial charge on any atom is -0.462 e. The fraction of sp³-hybridized carbons (Fsp3) is 0.533. The highest BCUT2D eigenvalue weighted by atomic mass is 16.5. The minimum absolute atomic E-state index is 0.130. The maximum Gasteiger partial charge on any atom is 0.302 e. The third kappa shape index (κ3) is 1.97. The van der Waals surface area contributed by atoms with Crippen molar-refractivity contribution in [1.29, 1.82) is 0 Å². The Morgan fingerprint density at radius 3 is 2.59 bits per heavy atom. The number of rotatable bonds is 2. The second-order valence-corrected chi connectivity index (χ2v) is 5.40. The largest absolute Gasteiger partial charge is 0.462 e. The molecule has 2 bridgehead atoms. The summed E-state index contributed by atoms with van der Waals surface area (Å²) in [5.74, 6) is 1.77. The summed E-state index contributed by atoms with van der Waals surface area (Å²) >= 11 is 0. The van der Waals surface area contributed by atoms with Gasteiger partial charge in [-0.3, -0.25) is 4.79 Å². The number of carbonyl (C=O) groups excluding carboxylic acids is 1. The molecule has 4 unspecified atom stereocenters. The molecule has 0 N–H and O–H groups in total. The Morgan fingerprint density at radius 1 is 1.18 bits per heavy atom. The molecule has 1 aromatic rings. The number of hydrogen-bond acceptors (Lipinski definition) is 2. The van der Waals surface area contributed by atoms with E-state index in [4.69, 9.17) is 4.74 Å². The highest BCUT2D eigenvalue weighted by Crippen LogP contribution is 2.53. The van der Waals surface area contributed by atoms with Crippen LogP contribution in [-0.2, 0) is 9.53 Å². The molecule has 0 saturated heterocycles. The summed E-state index contributed by atoms with van der Waals surface area (Å²) in [5, 5.41) is 0. The van der Waals surface area contributed by atoms with E-state index in [1.165, 1.54) is 25.3 Å². The molecule has 90 valence electrons. The third-order valence-electron chi connectivity index (χ3n) is 4.30. The van der Waals surface area contributed by atoms with Crippen molar-refractivity contribution in [1.82, 2.24) is 0 Å². The van der Waals surface area contributed by atoms with Gasteiger partial charge in [-0.05, 0) is 36.7 Å². The lowest BCUT2D eigenvalue weighted by Crippen LogP contribution is -2.27. The monoisotopic (exact) mass is 230 g/mol. The highest BCUT2D eigenvalue weighted by Gasteiger charge is 2.48. The van der Waals surface area contributed by atoms with Gasteiger partial charge in [0.1, 0.15) is 6.10 Å². The molecule has 0 radical (unpaired) electrons. The normalized spacial score (nSPS) is 34.9.